The van der Waals surface area contributed by atoms with E-state index in [1.807, 2.05) is 0 Å². The van der Waals surface area contributed by atoms with E-state index in [-0.39, 0.29) is 5.54 Å². The number of rotatable bonds is 7. The molecular weight excluding hydrogens is 248 g/mol. The lowest BCUT2D eigenvalue weighted by molar-refractivity contribution is 0.0931. The molecule has 1 heterocycles. The van der Waals surface area contributed by atoms with Crippen molar-refractivity contribution in [3.63, 3.8) is 0 Å². The van der Waals surface area contributed by atoms with Gasteiger partial charge in [0.15, 0.2) is 0 Å². The van der Waals surface area contributed by atoms with Gasteiger partial charge in [-0.15, -0.1) is 0 Å². The van der Waals surface area contributed by atoms with Crippen LogP contribution < -0.4 is 5.32 Å². The van der Waals surface area contributed by atoms with E-state index in [1.165, 1.54) is 38.9 Å². The standard InChI is InChI=1S/C17H36N2O/c1-6-17(5,13-18-16(2,3)4)14-19-10-7-8-15(12-19)9-11-20/h15,18,20H,6-14H2,1-5H3. The maximum Gasteiger partial charge on any atom is 0.0434 e. The van der Waals surface area contributed by atoms with Crippen LogP contribution in [0.15, 0.2) is 0 Å². The van der Waals surface area contributed by atoms with Gasteiger partial charge >= 0.3 is 0 Å². The lowest BCUT2D eigenvalue weighted by Gasteiger charge is -2.40. The van der Waals surface area contributed by atoms with Crippen molar-refractivity contribution in [2.45, 2.75) is 65.8 Å². The van der Waals surface area contributed by atoms with Gasteiger partial charge in [-0.25, -0.2) is 0 Å². The van der Waals surface area contributed by atoms with Crippen molar-refractivity contribution >= 4 is 0 Å². The summed E-state index contributed by atoms with van der Waals surface area (Å²) in [4.78, 5) is 2.62. The van der Waals surface area contributed by atoms with Crippen LogP contribution in [0.25, 0.3) is 0 Å². The first-order chi connectivity index (χ1) is 9.28. The number of aliphatic hydroxyl groups is 1. The van der Waals surface area contributed by atoms with Crippen LogP contribution in [0.5, 0.6) is 0 Å². The zero-order valence-corrected chi connectivity index (χ0v) is 14.3. The summed E-state index contributed by atoms with van der Waals surface area (Å²) in [6.45, 7) is 16.4. The van der Waals surface area contributed by atoms with Crippen molar-refractivity contribution in [3.8, 4) is 0 Å². The lowest BCUT2D eigenvalue weighted by Crippen LogP contribution is -2.49. The highest BCUT2D eigenvalue weighted by molar-refractivity contribution is 4.85. The highest BCUT2D eigenvalue weighted by atomic mass is 16.3. The number of hydrogen-bond donors (Lipinski definition) is 2. The van der Waals surface area contributed by atoms with E-state index < -0.39 is 0 Å². The molecule has 0 aromatic carbocycles. The maximum atomic E-state index is 9.13. The molecule has 0 bridgehead atoms. The Balaban J connectivity index is 2.49. The summed E-state index contributed by atoms with van der Waals surface area (Å²) in [6, 6.07) is 0. The molecule has 1 aliphatic rings. The van der Waals surface area contributed by atoms with Crippen LogP contribution in [0, 0.1) is 11.3 Å². The third-order valence-electron chi connectivity index (χ3n) is 4.64. The fourth-order valence-electron chi connectivity index (χ4n) is 3.02. The smallest absolute Gasteiger partial charge is 0.0434 e. The Kier molecular flexibility index (Phi) is 6.96. The van der Waals surface area contributed by atoms with Gasteiger partial charge in [-0.3, -0.25) is 0 Å². The number of piperidine rings is 1. The van der Waals surface area contributed by atoms with E-state index in [9.17, 15) is 0 Å². The van der Waals surface area contributed by atoms with E-state index in [0.29, 0.717) is 17.9 Å². The molecule has 0 amide bonds. The summed E-state index contributed by atoms with van der Waals surface area (Å²) in [7, 11) is 0. The van der Waals surface area contributed by atoms with Crippen LogP contribution in [0.3, 0.4) is 0 Å². The van der Waals surface area contributed by atoms with Crippen LogP contribution in [-0.4, -0.2) is 48.3 Å². The molecule has 1 saturated heterocycles. The maximum absolute atomic E-state index is 9.13. The van der Waals surface area contributed by atoms with Crippen molar-refractivity contribution < 1.29 is 5.11 Å². The predicted octanol–water partition coefficient (Wildman–Crippen LogP) is 2.89. The van der Waals surface area contributed by atoms with Gasteiger partial charge in [0.25, 0.3) is 0 Å². The summed E-state index contributed by atoms with van der Waals surface area (Å²) in [5, 5.41) is 12.8. The second-order valence-electron chi connectivity index (χ2n) is 8.02. The minimum absolute atomic E-state index is 0.192. The zero-order valence-electron chi connectivity index (χ0n) is 14.3. The SMILES string of the molecule is CCC(C)(CNC(C)(C)C)CN1CCCC(CCO)C1. The van der Waals surface area contributed by atoms with E-state index in [4.69, 9.17) is 5.11 Å². The molecule has 3 heteroatoms. The Morgan fingerprint density at radius 3 is 2.50 bits per heavy atom. The minimum atomic E-state index is 0.192. The van der Waals surface area contributed by atoms with Gasteiger partial charge in [-0.2, -0.15) is 0 Å². The number of likely N-dealkylation sites (tertiary alicyclic amines) is 1. The fraction of sp³-hybridized carbons (Fsp3) is 1.00. The van der Waals surface area contributed by atoms with E-state index in [0.717, 1.165) is 13.0 Å². The molecule has 1 fully saturated rings. The van der Waals surface area contributed by atoms with Gasteiger partial charge in [0, 0.05) is 31.8 Å². The van der Waals surface area contributed by atoms with Crippen molar-refractivity contribution in [2.24, 2.45) is 11.3 Å². The molecule has 0 radical (unpaired) electrons. The molecule has 2 N–H and O–H groups in total. The van der Waals surface area contributed by atoms with Gasteiger partial charge in [0.1, 0.15) is 0 Å². The van der Waals surface area contributed by atoms with Gasteiger partial charge in [-0.05, 0) is 64.3 Å². The van der Waals surface area contributed by atoms with Crippen LogP contribution >= 0.6 is 0 Å². The average molecular weight is 284 g/mol. The number of nitrogens with one attached hydrogen (secondary N) is 1. The van der Waals surface area contributed by atoms with Gasteiger partial charge in [0.2, 0.25) is 0 Å². The molecule has 120 valence electrons. The summed E-state index contributed by atoms with van der Waals surface area (Å²) in [6.07, 6.45) is 4.76. The highest BCUT2D eigenvalue weighted by Crippen LogP contribution is 2.27. The van der Waals surface area contributed by atoms with Gasteiger partial charge in [-0.1, -0.05) is 13.8 Å². The van der Waals surface area contributed by atoms with Crippen LogP contribution in [0.1, 0.15) is 60.3 Å². The normalized spacial score (nSPS) is 24.6. The van der Waals surface area contributed by atoms with Crippen molar-refractivity contribution in [2.75, 3.05) is 32.8 Å². The van der Waals surface area contributed by atoms with Crippen molar-refractivity contribution in [3.05, 3.63) is 0 Å². The molecule has 0 spiro atoms. The molecule has 0 saturated carbocycles. The fourth-order valence-corrected chi connectivity index (χ4v) is 3.02. The molecule has 2 unspecified atom stereocenters. The first-order valence-corrected chi connectivity index (χ1v) is 8.36. The Morgan fingerprint density at radius 2 is 1.95 bits per heavy atom. The van der Waals surface area contributed by atoms with Gasteiger partial charge < -0.3 is 15.3 Å². The molecule has 3 nitrogen and oxygen atoms in total. The second kappa shape index (κ2) is 7.77. The molecule has 2 atom stereocenters. The quantitative estimate of drug-likeness (QED) is 0.754. The molecule has 0 aromatic heterocycles. The van der Waals surface area contributed by atoms with Crippen LogP contribution in [-0.2, 0) is 0 Å². The first kappa shape index (κ1) is 17.9. The Morgan fingerprint density at radius 1 is 1.25 bits per heavy atom. The predicted molar refractivity (Wildman–Crippen MR) is 87.0 cm³/mol. The minimum Gasteiger partial charge on any atom is -0.396 e. The Labute approximate surface area is 126 Å². The molecule has 20 heavy (non-hydrogen) atoms. The molecular formula is C17H36N2O. The molecule has 0 aromatic rings. The third kappa shape index (κ3) is 6.55. The summed E-state index contributed by atoms with van der Waals surface area (Å²) in [5.74, 6) is 0.699. The average Bonchev–Trinajstić information content (AvgIpc) is 2.37. The lowest BCUT2D eigenvalue weighted by atomic mass is 9.84. The van der Waals surface area contributed by atoms with Crippen molar-refractivity contribution in [1.82, 2.24) is 10.2 Å². The monoisotopic (exact) mass is 284 g/mol. The summed E-state index contributed by atoms with van der Waals surface area (Å²) in [5.41, 5.74) is 0.534. The largest absolute Gasteiger partial charge is 0.396 e. The van der Waals surface area contributed by atoms with E-state index in [2.05, 4.69) is 44.8 Å². The first-order valence-electron chi connectivity index (χ1n) is 8.36. The number of aliphatic hydroxyl groups excluding tert-OH is 1. The van der Waals surface area contributed by atoms with E-state index in [1.54, 1.807) is 0 Å². The topological polar surface area (TPSA) is 35.5 Å². The van der Waals surface area contributed by atoms with Crippen LogP contribution in [0.2, 0.25) is 0 Å². The van der Waals surface area contributed by atoms with E-state index >= 15 is 0 Å². The second-order valence-corrected chi connectivity index (χ2v) is 8.02. The number of hydrogen-bond acceptors (Lipinski definition) is 3. The van der Waals surface area contributed by atoms with Crippen LogP contribution in [0.4, 0.5) is 0 Å². The zero-order chi connectivity index (χ0) is 15.2. The molecule has 1 aliphatic heterocycles. The molecule has 1 rings (SSSR count). The molecule has 0 aliphatic carbocycles. The summed E-state index contributed by atoms with van der Waals surface area (Å²) >= 11 is 0. The third-order valence-corrected chi connectivity index (χ3v) is 4.64. The van der Waals surface area contributed by atoms with Gasteiger partial charge in [0.05, 0.1) is 0 Å². The Bertz CT molecular complexity index is 273. The van der Waals surface area contributed by atoms with Crippen molar-refractivity contribution in [1.29, 1.82) is 0 Å². The highest BCUT2D eigenvalue weighted by Gasteiger charge is 2.29. The Hall–Kier alpha value is -0.120. The summed E-state index contributed by atoms with van der Waals surface area (Å²) < 4.78 is 0. The number of nitrogens with zero attached hydrogens (tertiary/aromatic N) is 1.